The second-order valence-corrected chi connectivity index (χ2v) is 7.53. The fourth-order valence-electron chi connectivity index (χ4n) is 2.32. The Kier molecular flexibility index (Phi) is 5.23. The molecule has 2 amide bonds. The van der Waals surface area contributed by atoms with Crippen LogP contribution in [0.1, 0.15) is 23.8 Å². The molecule has 3 aromatic rings. The minimum atomic E-state index is -2.78. The molecule has 1 atom stereocenters. The molecule has 1 unspecified atom stereocenters. The number of nitrogens with two attached hydrogens (primary N) is 1. The van der Waals surface area contributed by atoms with Crippen molar-refractivity contribution in [3.8, 4) is 0 Å². The van der Waals surface area contributed by atoms with E-state index in [1.54, 1.807) is 36.6 Å². The standard InChI is InChI=1S/C16H14F2N4O2S2/c1-8(13(24)21-14-9(12(19)23)6-7-25-14)26-16-20-10-4-2-3-5-11(10)22(16)15(17)18/h2-8,15H,1H3,(H2,19,23)(H,21,24). The fourth-order valence-corrected chi connectivity index (χ4v) is 4.04. The Labute approximate surface area is 155 Å². The zero-order chi connectivity index (χ0) is 18.8. The van der Waals surface area contributed by atoms with E-state index in [1.165, 1.54) is 6.07 Å². The van der Waals surface area contributed by atoms with Gasteiger partial charge >= 0.3 is 6.55 Å². The summed E-state index contributed by atoms with van der Waals surface area (Å²) >= 11 is 2.08. The molecule has 26 heavy (non-hydrogen) atoms. The summed E-state index contributed by atoms with van der Waals surface area (Å²) in [5.74, 6) is -1.09. The minimum absolute atomic E-state index is 0.0464. The number of nitrogens with zero attached hydrogens (tertiary/aromatic N) is 2. The number of amides is 2. The van der Waals surface area contributed by atoms with Crippen molar-refractivity contribution in [2.24, 2.45) is 5.73 Å². The average Bonchev–Trinajstić information content (AvgIpc) is 3.18. The van der Waals surface area contributed by atoms with Crippen LogP contribution in [-0.4, -0.2) is 26.6 Å². The molecule has 3 N–H and O–H groups in total. The highest BCUT2D eigenvalue weighted by Crippen LogP contribution is 2.32. The fraction of sp³-hybridized carbons (Fsp3) is 0.188. The number of thioether (sulfide) groups is 1. The summed E-state index contributed by atoms with van der Waals surface area (Å²) in [5.41, 5.74) is 6.18. The number of nitrogens with one attached hydrogen (secondary N) is 1. The highest BCUT2D eigenvalue weighted by Gasteiger charge is 2.24. The summed E-state index contributed by atoms with van der Waals surface area (Å²) in [6, 6.07) is 8.05. The third-order valence-electron chi connectivity index (χ3n) is 3.58. The van der Waals surface area contributed by atoms with E-state index in [-0.39, 0.29) is 10.7 Å². The van der Waals surface area contributed by atoms with Crippen LogP contribution >= 0.6 is 23.1 Å². The van der Waals surface area contributed by atoms with Crippen LogP contribution in [0.25, 0.3) is 11.0 Å². The maximum absolute atomic E-state index is 13.4. The van der Waals surface area contributed by atoms with Crippen LogP contribution in [0.2, 0.25) is 0 Å². The zero-order valence-corrected chi connectivity index (χ0v) is 15.1. The Balaban J connectivity index is 1.81. The van der Waals surface area contributed by atoms with Gasteiger partial charge in [0.15, 0.2) is 5.16 Å². The summed E-state index contributed by atoms with van der Waals surface area (Å²) < 4.78 is 27.7. The Bertz CT molecular complexity index is 970. The van der Waals surface area contributed by atoms with Gasteiger partial charge in [0.05, 0.1) is 21.8 Å². The first-order chi connectivity index (χ1) is 12.4. The Morgan fingerprint density at radius 3 is 2.73 bits per heavy atom. The number of hydrogen-bond donors (Lipinski definition) is 2. The number of halogens is 2. The van der Waals surface area contributed by atoms with Gasteiger partial charge in [-0.1, -0.05) is 23.9 Å². The number of anilines is 1. The molecule has 6 nitrogen and oxygen atoms in total. The van der Waals surface area contributed by atoms with Crippen molar-refractivity contribution < 1.29 is 18.4 Å². The molecular weight excluding hydrogens is 382 g/mol. The molecule has 10 heteroatoms. The SMILES string of the molecule is CC(Sc1nc2ccccc2n1C(F)F)C(=O)Nc1sccc1C(N)=O. The molecule has 0 spiro atoms. The van der Waals surface area contributed by atoms with Crippen molar-refractivity contribution in [1.29, 1.82) is 0 Å². The third kappa shape index (κ3) is 3.56. The summed E-state index contributed by atoms with van der Waals surface area (Å²) in [4.78, 5) is 27.9. The molecule has 2 heterocycles. The summed E-state index contributed by atoms with van der Waals surface area (Å²) in [5, 5.41) is 3.90. The first-order valence-electron chi connectivity index (χ1n) is 7.48. The molecular formula is C16H14F2N4O2S2. The molecule has 0 saturated carbocycles. The van der Waals surface area contributed by atoms with E-state index >= 15 is 0 Å². The van der Waals surface area contributed by atoms with E-state index in [2.05, 4.69) is 10.3 Å². The minimum Gasteiger partial charge on any atom is -0.366 e. The molecule has 0 bridgehead atoms. The topological polar surface area (TPSA) is 90.0 Å². The number of fused-ring (bicyclic) bond motifs is 1. The number of rotatable bonds is 6. The van der Waals surface area contributed by atoms with Crippen LogP contribution in [0, 0.1) is 0 Å². The van der Waals surface area contributed by atoms with Crippen molar-refractivity contribution in [1.82, 2.24) is 9.55 Å². The van der Waals surface area contributed by atoms with E-state index in [9.17, 15) is 18.4 Å². The first kappa shape index (κ1) is 18.3. The van der Waals surface area contributed by atoms with Gasteiger partial charge in [0.25, 0.3) is 5.91 Å². The molecule has 0 radical (unpaired) electrons. The molecule has 0 fully saturated rings. The van der Waals surface area contributed by atoms with E-state index in [0.29, 0.717) is 16.0 Å². The zero-order valence-electron chi connectivity index (χ0n) is 13.5. The molecule has 136 valence electrons. The predicted octanol–water partition coefficient (Wildman–Crippen LogP) is 3.71. The van der Waals surface area contributed by atoms with Gasteiger partial charge in [0, 0.05) is 0 Å². The summed E-state index contributed by atoms with van der Waals surface area (Å²) in [6.45, 7) is -1.20. The molecule has 2 aromatic heterocycles. The number of aromatic nitrogens is 2. The van der Waals surface area contributed by atoms with Crippen molar-refractivity contribution in [2.75, 3.05) is 5.32 Å². The van der Waals surface area contributed by atoms with Gasteiger partial charge in [-0.3, -0.25) is 14.2 Å². The maximum atomic E-state index is 13.4. The second-order valence-electron chi connectivity index (χ2n) is 5.31. The smallest absolute Gasteiger partial charge is 0.321 e. The van der Waals surface area contributed by atoms with Crippen LogP contribution < -0.4 is 11.1 Å². The number of hydrogen-bond acceptors (Lipinski definition) is 5. The summed E-state index contributed by atoms with van der Waals surface area (Å²) in [6.07, 6.45) is 0. The van der Waals surface area contributed by atoms with Crippen LogP contribution in [0.3, 0.4) is 0 Å². The van der Waals surface area contributed by atoms with E-state index in [1.807, 2.05) is 0 Å². The van der Waals surface area contributed by atoms with E-state index in [0.717, 1.165) is 27.7 Å². The predicted molar refractivity (Wildman–Crippen MR) is 97.8 cm³/mol. The Morgan fingerprint density at radius 2 is 2.04 bits per heavy atom. The lowest BCUT2D eigenvalue weighted by Crippen LogP contribution is -2.24. The van der Waals surface area contributed by atoms with Crippen molar-refractivity contribution in [2.45, 2.75) is 23.9 Å². The number of primary amides is 1. The number of imidazole rings is 1. The van der Waals surface area contributed by atoms with Crippen LogP contribution in [0.5, 0.6) is 0 Å². The van der Waals surface area contributed by atoms with Gasteiger partial charge in [0.2, 0.25) is 5.91 Å². The van der Waals surface area contributed by atoms with Gasteiger partial charge in [-0.05, 0) is 30.5 Å². The largest absolute Gasteiger partial charge is 0.366 e. The highest BCUT2D eigenvalue weighted by atomic mass is 32.2. The van der Waals surface area contributed by atoms with Crippen LogP contribution in [0.15, 0.2) is 40.9 Å². The summed E-state index contributed by atoms with van der Waals surface area (Å²) in [7, 11) is 0. The lowest BCUT2D eigenvalue weighted by molar-refractivity contribution is -0.115. The second kappa shape index (κ2) is 7.42. The number of alkyl halides is 2. The maximum Gasteiger partial charge on any atom is 0.321 e. The number of para-hydroxylation sites is 2. The molecule has 1 aromatic carbocycles. The monoisotopic (exact) mass is 396 g/mol. The van der Waals surface area contributed by atoms with Gasteiger partial charge in [-0.15, -0.1) is 11.3 Å². The van der Waals surface area contributed by atoms with Gasteiger partial charge in [-0.2, -0.15) is 8.78 Å². The van der Waals surface area contributed by atoms with Gasteiger partial charge < -0.3 is 11.1 Å². The van der Waals surface area contributed by atoms with Crippen LogP contribution in [0.4, 0.5) is 13.8 Å². The van der Waals surface area contributed by atoms with Gasteiger partial charge in [-0.25, -0.2) is 4.98 Å². The quantitative estimate of drug-likeness (QED) is 0.622. The first-order valence-corrected chi connectivity index (χ1v) is 9.24. The van der Waals surface area contributed by atoms with Crippen molar-refractivity contribution >= 4 is 50.9 Å². The number of carbonyl (C=O) groups is 2. The molecule has 0 saturated heterocycles. The normalized spacial score (nSPS) is 12.5. The number of benzene rings is 1. The molecule has 0 aliphatic heterocycles. The molecule has 0 aliphatic carbocycles. The highest BCUT2D eigenvalue weighted by molar-refractivity contribution is 8.00. The van der Waals surface area contributed by atoms with E-state index < -0.39 is 23.6 Å². The molecule has 0 aliphatic rings. The number of thiophene rings is 1. The average molecular weight is 396 g/mol. The van der Waals surface area contributed by atoms with E-state index in [4.69, 9.17) is 5.73 Å². The Hall–Kier alpha value is -2.46. The van der Waals surface area contributed by atoms with Crippen molar-refractivity contribution in [3.05, 3.63) is 41.3 Å². The third-order valence-corrected chi connectivity index (χ3v) is 5.47. The lowest BCUT2D eigenvalue weighted by Gasteiger charge is -2.13. The Morgan fingerprint density at radius 1 is 1.31 bits per heavy atom. The number of carbonyl (C=O) groups excluding carboxylic acids is 2. The lowest BCUT2D eigenvalue weighted by atomic mass is 10.3. The van der Waals surface area contributed by atoms with Gasteiger partial charge in [0.1, 0.15) is 5.00 Å². The molecule has 3 rings (SSSR count). The van der Waals surface area contributed by atoms with Crippen molar-refractivity contribution in [3.63, 3.8) is 0 Å². The van der Waals surface area contributed by atoms with Crippen LogP contribution in [-0.2, 0) is 4.79 Å².